The first kappa shape index (κ1) is 9.23. The molecule has 0 saturated heterocycles. The van der Waals surface area contributed by atoms with Crippen LogP contribution in [0.4, 0.5) is 0 Å². The number of nitrogens with zero attached hydrogens (tertiary/aromatic N) is 1. The van der Waals surface area contributed by atoms with Gasteiger partial charge in [-0.25, -0.2) is 0 Å². The molecule has 2 rings (SSSR count). The lowest BCUT2D eigenvalue weighted by atomic mass is 9.76. The molecule has 1 N–H and O–H groups in total. The van der Waals surface area contributed by atoms with E-state index in [4.69, 9.17) is 5.26 Å². The van der Waals surface area contributed by atoms with Gasteiger partial charge in [-0.2, -0.15) is 5.26 Å². The highest BCUT2D eigenvalue weighted by molar-refractivity contribution is 5.59. The largest absolute Gasteiger partial charge is 0.388 e. The minimum absolute atomic E-state index is 0.310. The Balaban J connectivity index is 2.79. The van der Waals surface area contributed by atoms with Crippen molar-refractivity contribution in [1.29, 1.82) is 5.26 Å². The lowest BCUT2D eigenvalue weighted by Crippen LogP contribution is -2.21. The molecule has 0 saturated carbocycles. The number of aliphatic hydroxyl groups is 1. The highest BCUT2D eigenvalue weighted by Gasteiger charge is 2.30. The molecule has 0 radical (unpaired) electrons. The van der Waals surface area contributed by atoms with E-state index >= 15 is 0 Å². The lowest BCUT2D eigenvalue weighted by Gasteiger charge is -2.31. The predicted molar refractivity (Wildman–Crippen MR) is 54.0 cm³/mol. The quantitative estimate of drug-likeness (QED) is 0.675. The van der Waals surface area contributed by atoms with Gasteiger partial charge in [0.15, 0.2) is 0 Å². The summed E-state index contributed by atoms with van der Waals surface area (Å²) in [6.45, 7) is 5.90. The molecular weight excluding hydrogens is 174 g/mol. The van der Waals surface area contributed by atoms with Gasteiger partial charge in [-0.05, 0) is 48.6 Å². The normalized spacial score (nSPS) is 18.4. The Morgan fingerprint density at radius 1 is 1.21 bits per heavy atom. The summed E-state index contributed by atoms with van der Waals surface area (Å²) in [7, 11) is 0. The molecule has 1 aromatic carbocycles. The van der Waals surface area contributed by atoms with Gasteiger partial charge in [-0.15, -0.1) is 0 Å². The number of nitriles is 1. The molecule has 0 bridgehead atoms. The van der Waals surface area contributed by atoms with Crippen molar-refractivity contribution in [3.63, 3.8) is 0 Å². The Hall–Kier alpha value is -1.33. The molecule has 1 aromatic rings. The van der Waals surface area contributed by atoms with Crippen molar-refractivity contribution in [1.82, 2.24) is 0 Å². The first-order valence-electron chi connectivity index (χ1n) is 4.78. The molecule has 72 valence electrons. The van der Waals surface area contributed by atoms with Gasteiger partial charge in [-0.1, -0.05) is 0 Å². The van der Waals surface area contributed by atoms with Gasteiger partial charge in [-0.3, -0.25) is 0 Å². The van der Waals surface area contributed by atoms with Crippen LogP contribution in [0, 0.1) is 32.1 Å². The van der Waals surface area contributed by atoms with Crippen molar-refractivity contribution in [3.05, 3.63) is 33.4 Å². The van der Waals surface area contributed by atoms with E-state index in [1.54, 1.807) is 0 Å². The number of hydrogen-bond donors (Lipinski definition) is 1. The fourth-order valence-electron chi connectivity index (χ4n) is 2.30. The van der Waals surface area contributed by atoms with Crippen LogP contribution in [0.1, 0.15) is 39.5 Å². The fraction of sp³-hybridized carbons (Fsp3) is 0.417. The summed E-state index contributed by atoms with van der Waals surface area (Å²) in [5.41, 5.74) is 6.17. The van der Waals surface area contributed by atoms with Crippen LogP contribution in [0.5, 0.6) is 0 Å². The van der Waals surface area contributed by atoms with Crippen molar-refractivity contribution < 1.29 is 5.11 Å². The van der Waals surface area contributed by atoms with Crippen LogP contribution in [0.2, 0.25) is 0 Å². The molecule has 1 unspecified atom stereocenters. The molecule has 0 fully saturated rings. The fourth-order valence-corrected chi connectivity index (χ4v) is 2.30. The summed E-state index contributed by atoms with van der Waals surface area (Å²) in [6, 6.07) is 2.24. The zero-order valence-electron chi connectivity index (χ0n) is 8.68. The van der Waals surface area contributed by atoms with Gasteiger partial charge in [0.25, 0.3) is 0 Å². The standard InChI is InChI=1S/C12H13NO/c1-6-7(2)12-9(4-11(12)14)8(3)10(6)5-13/h11,14H,4H2,1-3H3. The number of benzene rings is 1. The second kappa shape index (κ2) is 2.83. The van der Waals surface area contributed by atoms with E-state index in [1.165, 1.54) is 5.56 Å². The maximum absolute atomic E-state index is 9.61. The summed E-state index contributed by atoms with van der Waals surface area (Å²) >= 11 is 0. The van der Waals surface area contributed by atoms with Crippen molar-refractivity contribution >= 4 is 0 Å². The van der Waals surface area contributed by atoms with Crippen LogP contribution in [0.3, 0.4) is 0 Å². The Morgan fingerprint density at radius 2 is 1.86 bits per heavy atom. The van der Waals surface area contributed by atoms with Crippen molar-refractivity contribution in [2.24, 2.45) is 0 Å². The molecule has 1 aliphatic carbocycles. The minimum atomic E-state index is -0.310. The van der Waals surface area contributed by atoms with Gasteiger partial charge >= 0.3 is 0 Å². The van der Waals surface area contributed by atoms with Gasteiger partial charge in [0.1, 0.15) is 0 Å². The summed E-state index contributed by atoms with van der Waals surface area (Å²) in [6.07, 6.45) is 0.395. The molecule has 2 heteroatoms. The summed E-state index contributed by atoms with van der Waals surface area (Å²) in [5.74, 6) is 0. The van der Waals surface area contributed by atoms with E-state index in [-0.39, 0.29) is 6.10 Å². The van der Waals surface area contributed by atoms with Gasteiger partial charge in [0, 0.05) is 6.42 Å². The monoisotopic (exact) mass is 187 g/mol. The maximum Gasteiger partial charge on any atom is 0.0997 e. The Morgan fingerprint density at radius 3 is 2.36 bits per heavy atom. The van der Waals surface area contributed by atoms with E-state index in [2.05, 4.69) is 6.07 Å². The van der Waals surface area contributed by atoms with Gasteiger partial charge in [0.2, 0.25) is 0 Å². The van der Waals surface area contributed by atoms with E-state index in [9.17, 15) is 5.11 Å². The van der Waals surface area contributed by atoms with Gasteiger partial charge in [0.05, 0.1) is 17.7 Å². The van der Waals surface area contributed by atoms with Crippen molar-refractivity contribution in [3.8, 4) is 6.07 Å². The first-order chi connectivity index (χ1) is 6.57. The topological polar surface area (TPSA) is 44.0 Å². The number of fused-ring (bicyclic) bond motifs is 1. The van der Waals surface area contributed by atoms with Crippen LogP contribution in [-0.4, -0.2) is 5.11 Å². The van der Waals surface area contributed by atoms with Crippen molar-refractivity contribution in [2.75, 3.05) is 0 Å². The predicted octanol–water partition coefficient (Wildman–Crippen LogP) is 2.07. The van der Waals surface area contributed by atoms with E-state index in [1.807, 2.05) is 20.8 Å². The molecule has 0 spiro atoms. The third kappa shape index (κ3) is 0.935. The molecule has 14 heavy (non-hydrogen) atoms. The van der Waals surface area contributed by atoms with E-state index in [0.29, 0.717) is 6.42 Å². The molecule has 0 heterocycles. The SMILES string of the molecule is Cc1c(C)c2c(c(C)c1C#N)CC2O. The van der Waals surface area contributed by atoms with Crippen LogP contribution in [0.25, 0.3) is 0 Å². The summed E-state index contributed by atoms with van der Waals surface area (Å²) in [5, 5.41) is 18.6. The van der Waals surface area contributed by atoms with Crippen LogP contribution in [0.15, 0.2) is 0 Å². The molecular formula is C12H13NO. The number of rotatable bonds is 0. The van der Waals surface area contributed by atoms with Gasteiger partial charge < -0.3 is 5.11 Å². The van der Waals surface area contributed by atoms with Crippen LogP contribution in [-0.2, 0) is 6.42 Å². The lowest BCUT2D eigenvalue weighted by molar-refractivity contribution is 0.152. The van der Waals surface area contributed by atoms with Crippen molar-refractivity contribution in [2.45, 2.75) is 33.3 Å². The Kier molecular flexibility index (Phi) is 1.87. The molecule has 0 aromatic heterocycles. The van der Waals surface area contributed by atoms with E-state index in [0.717, 1.165) is 27.8 Å². The highest BCUT2D eigenvalue weighted by Crippen LogP contribution is 2.40. The molecule has 0 aliphatic heterocycles. The average Bonchev–Trinajstić information content (AvgIpc) is 2.12. The molecule has 1 aliphatic rings. The third-order valence-corrected chi connectivity index (χ3v) is 3.34. The molecule has 2 nitrogen and oxygen atoms in total. The highest BCUT2D eigenvalue weighted by atomic mass is 16.3. The number of hydrogen-bond acceptors (Lipinski definition) is 2. The average molecular weight is 187 g/mol. The first-order valence-corrected chi connectivity index (χ1v) is 4.78. The Labute approximate surface area is 83.8 Å². The Bertz CT molecular complexity index is 424. The van der Waals surface area contributed by atoms with E-state index < -0.39 is 0 Å². The van der Waals surface area contributed by atoms with Crippen LogP contribution >= 0.6 is 0 Å². The summed E-state index contributed by atoms with van der Waals surface area (Å²) < 4.78 is 0. The molecule has 0 amide bonds. The smallest absolute Gasteiger partial charge is 0.0997 e. The zero-order chi connectivity index (χ0) is 10.5. The van der Waals surface area contributed by atoms with Crippen LogP contribution < -0.4 is 0 Å². The zero-order valence-corrected chi connectivity index (χ0v) is 8.68. The second-order valence-electron chi connectivity index (χ2n) is 3.97. The number of aliphatic hydroxyl groups excluding tert-OH is 1. The summed E-state index contributed by atoms with van der Waals surface area (Å²) in [4.78, 5) is 0. The molecule has 1 atom stereocenters. The second-order valence-corrected chi connectivity index (χ2v) is 3.97. The third-order valence-electron chi connectivity index (χ3n) is 3.34. The minimum Gasteiger partial charge on any atom is -0.388 e. The maximum atomic E-state index is 9.61.